The van der Waals surface area contributed by atoms with Crippen molar-refractivity contribution in [1.82, 2.24) is 0 Å². The van der Waals surface area contributed by atoms with Gasteiger partial charge in [-0.3, -0.25) is 0 Å². The highest BCUT2D eigenvalue weighted by molar-refractivity contribution is 6.62. The van der Waals surface area contributed by atoms with Crippen molar-refractivity contribution in [2.24, 2.45) is 0 Å². The fourth-order valence-corrected chi connectivity index (χ4v) is 6.19. The van der Waals surface area contributed by atoms with Crippen molar-refractivity contribution in [1.29, 1.82) is 0 Å². The van der Waals surface area contributed by atoms with E-state index in [9.17, 15) is 0 Å². The lowest BCUT2D eigenvalue weighted by atomic mass is 10.4. The number of rotatable bonds is 13. The van der Waals surface area contributed by atoms with Crippen LogP contribution in [0, 0.1) is 0 Å². The Labute approximate surface area is 133 Å². The Hall–Kier alpha value is 0.0969. The molecule has 126 valence electrons. The summed E-state index contributed by atoms with van der Waals surface area (Å²) in [5.41, 5.74) is 0.545. The smallest absolute Gasteiger partial charge is 0.373 e. The van der Waals surface area contributed by atoms with Crippen molar-refractivity contribution in [3.63, 3.8) is 0 Å². The van der Waals surface area contributed by atoms with Gasteiger partial charge in [0.05, 0.1) is 0 Å². The van der Waals surface area contributed by atoms with Crippen LogP contribution in [0.25, 0.3) is 0 Å². The predicted molar refractivity (Wildman–Crippen MR) is 90.6 cm³/mol. The molecule has 0 aromatic rings. The van der Waals surface area contributed by atoms with E-state index in [0.29, 0.717) is 5.54 Å². The monoisotopic (exact) mass is 316 g/mol. The summed E-state index contributed by atoms with van der Waals surface area (Å²) in [7, 11) is -2.47. The van der Waals surface area contributed by atoms with Gasteiger partial charge in [0, 0.05) is 25.4 Å². The zero-order valence-corrected chi connectivity index (χ0v) is 15.5. The molecule has 0 aliphatic heterocycles. The quantitative estimate of drug-likeness (QED) is 0.340. The molecule has 0 bridgehead atoms. The zero-order valence-electron chi connectivity index (χ0n) is 14.5. The van der Waals surface area contributed by atoms with Crippen LogP contribution in [0.5, 0.6) is 0 Å². The van der Waals surface area contributed by atoms with Gasteiger partial charge in [-0.1, -0.05) is 52.9 Å². The van der Waals surface area contributed by atoms with E-state index < -0.39 is 8.80 Å². The Bertz CT molecular complexity index is 216. The van der Waals surface area contributed by atoms with Crippen LogP contribution < -0.4 is 0 Å². The maximum atomic E-state index is 6.34. The molecular weight excluding hydrogens is 280 g/mol. The summed E-state index contributed by atoms with van der Waals surface area (Å²) in [5.74, 6) is 0. The maximum Gasteiger partial charge on any atom is 0.504 e. The van der Waals surface area contributed by atoms with Gasteiger partial charge in [0.15, 0.2) is 0 Å². The second-order valence-electron chi connectivity index (χ2n) is 6.19. The standard InChI is InChI=1S/C17H36O3Si/c1-4-7-14-18-21(19-15-8-5-2,20-16-9-6-3)17-12-10-11-13-17/h17H,4-16H2,1-3H3. The van der Waals surface area contributed by atoms with Crippen LogP contribution in [0.2, 0.25) is 5.54 Å². The lowest BCUT2D eigenvalue weighted by molar-refractivity contribution is 0.0469. The third-order valence-corrected chi connectivity index (χ3v) is 7.66. The van der Waals surface area contributed by atoms with Gasteiger partial charge in [0.2, 0.25) is 0 Å². The van der Waals surface area contributed by atoms with E-state index in [2.05, 4.69) is 20.8 Å². The number of hydrogen-bond acceptors (Lipinski definition) is 3. The first-order chi connectivity index (χ1) is 10.3. The second-order valence-corrected chi connectivity index (χ2v) is 9.08. The van der Waals surface area contributed by atoms with Gasteiger partial charge in [0.25, 0.3) is 0 Å². The maximum absolute atomic E-state index is 6.34. The van der Waals surface area contributed by atoms with Crippen molar-refractivity contribution < 1.29 is 13.3 Å². The molecule has 1 fully saturated rings. The predicted octanol–water partition coefficient (Wildman–Crippen LogP) is 5.32. The lowest BCUT2D eigenvalue weighted by Crippen LogP contribution is -2.50. The Kier molecular flexibility index (Phi) is 10.6. The average molecular weight is 317 g/mol. The van der Waals surface area contributed by atoms with Gasteiger partial charge >= 0.3 is 8.80 Å². The van der Waals surface area contributed by atoms with E-state index in [0.717, 1.165) is 39.1 Å². The highest BCUT2D eigenvalue weighted by atomic mass is 28.4. The molecule has 21 heavy (non-hydrogen) atoms. The molecule has 1 rings (SSSR count). The van der Waals surface area contributed by atoms with E-state index in [-0.39, 0.29) is 0 Å². The van der Waals surface area contributed by atoms with Crippen molar-refractivity contribution in [2.45, 2.75) is 90.5 Å². The van der Waals surface area contributed by atoms with E-state index in [4.69, 9.17) is 13.3 Å². The van der Waals surface area contributed by atoms with E-state index in [1.54, 1.807) is 0 Å². The molecule has 0 unspecified atom stereocenters. The van der Waals surface area contributed by atoms with Crippen LogP contribution in [-0.4, -0.2) is 28.6 Å². The van der Waals surface area contributed by atoms with Gasteiger partial charge in [-0.25, -0.2) is 0 Å². The number of hydrogen-bond donors (Lipinski definition) is 0. The van der Waals surface area contributed by atoms with Crippen LogP contribution in [-0.2, 0) is 13.3 Å². The van der Waals surface area contributed by atoms with Crippen LogP contribution in [0.1, 0.15) is 85.0 Å². The molecule has 0 spiro atoms. The molecule has 1 aliphatic carbocycles. The van der Waals surface area contributed by atoms with Crippen LogP contribution in [0.4, 0.5) is 0 Å². The SMILES string of the molecule is CCCCO[Si](OCCCC)(OCCCC)C1CCCC1. The largest absolute Gasteiger partial charge is 0.504 e. The third-order valence-electron chi connectivity index (χ3n) is 4.26. The molecule has 0 amide bonds. The Morgan fingerprint density at radius 1 is 0.714 bits per heavy atom. The summed E-state index contributed by atoms with van der Waals surface area (Å²) in [6, 6.07) is 0. The van der Waals surface area contributed by atoms with Gasteiger partial charge < -0.3 is 13.3 Å². The molecule has 0 radical (unpaired) electrons. The van der Waals surface area contributed by atoms with Gasteiger partial charge in [-0.05, 0) is 32.1 Å². The van der Waals surface area contributed by atoms with Gasteiger partial charge in [-0.2, -0.15) is 0 Å². The Balaban J connectivity index is 2.66. The van der Waals surface area contributed by atoms with E-state index in [1.807, 2.05) is 0 Å². The molecular formula is C17H36O3Si. The zero-order chi connectivity index (χ0) is 15.4. The molecule has 0 saturated heterocycles. The van der Waals surface area contributed by atoms with Crippen LogP contribution in [0.3, 0.4) is 0 Å². The highest BCUT2D eigenvalue weighted by Crippen LogP contribution is 2.40. The van der Waals surface area contributed by atoms with Crippen molar-refractivity contribution in [3.05, 3.63) is 0 Å². The van der Waals surface area contributed by atoms with E-state index in [1.165, 1.54) is 44.9 Å². The summed E-state index contributed by atoms with van der Waals surface area (Å²) in [6.07, 6.45) is 11.9. The minimum atomic E-state index is -2.47. The molecule has 1 saturated carbocycles. The van der Waals surface area contributed by atoms with Crippen LogP contribution in [0.15, 0.2) is 0 Å². The first kappa shape index (κ1) is 19.1. The topological polar surface area (TPSA) is 27.7 Å². The third kappa shape index (κ3) is 6.81. The second kappa shape index (κ2) is 11.6. The minimum absolute atomic E-state index is 0.545. The molecule has 1 aliphatic rings. The summed E-state index contributed by atoms with van der Waals surface area (Å²) < 4.78 is 19.0. The highest BCUT2D eigenvalue weighted by Gasteiger charge is 2.50. The Morgan fingerprint density at radius 3 is 1.43 bits per heavy atom. The van der Waals surface area contributed by atoms with Crippen molar-refractivity contribution >= 4 is 8.80 Å². The fourth-order valence-electron chi connectivity index (χ4n) is 2.83. The van der Waals surface area contributed by atoms with Gasteiger partial charge in [-0.15, -0.1) is 0 Å². The normalized spacial score (nSPS) is 16.7. The minimum Gasteiger partial charge on any atom is -0.373 e. The van der Waals surface area contributed by atoms with Crippen LogP contribution >= 0.6 is 0 Å². The fraction of sp³-hybridized carbons (Fsp3) is 1.00. The van der Waals surface area contributed by atoms with Gasteiger partial charge in [0.1, 0.15) is 0 Å². The molecule has 0 aromatic heterocycles. The Morgan fingerprint density at radius 2 is 1.10 bits per heavy atom. The summed E-state index contributed by atoms with van der Waals surface area (Å²) in [6.45, 7) is 9.03. The lowest BCUT2D eigenvalue weighted by Gasteiger charge is -2.34. The summed E-state index contributed by atoms with van der Waals surface area (Å²) >= 11 is 0. The molecule has 0 atom stereocenters. The molecule has 0 heterocycles. The number of unbranched alkanes of at least 4 members (excludes halogenated alkanes) is 3. The first-order valence-corrected chi connectivity index (χ1v) is 11.0. The van der Waals surface area contributed by atoms with Crippen molar-refractivity contribution in [2.75, 3.05) is 19.8 Å². The summed E-state index contributed by atoms with van der Waals surface area (Å²) in [4.78, 5) is 0. The molecule has 0 aromatic carbocycles. The first-order valence-electron chi connectivity index (χ1n) is 9.20. The molecule has 0 N–H and O–H groups in total. The van der Waals surface area contributed by atoms with E-state index >= 15 is 0 Å². The summed E-state index contributed by atoms with van der Waals surface area (Å²) in [5, 5.41) is 0. The average Bonchev–Trinajstić information content (AvgIpc) is 3.02. The molecule has 3 nitrogen and oxygen atoms in total. The van der Waals surface area contributed by atoms with Crippen molar-refractivity contribution in [3.8, 4) is 0 Å². The molecule has 4 heteroatoms.